The molecule has 0 spiro atoms. The maximum Gasteiger partial charge on any atom is 0.415 e. The lowest BCUT2D eigenvalue weighted by Gasteiger charge is -2.31. The lowest BCUT2D eigenvalue weighted by molar-refractivity contribution is 0.120. The number of amides is 1. The van der Waals surface area contributed by atoms with Crippen LogP contribution in [0.1, 0.15) is 0 Å². The van der Waals surface area contributed by atoms with E-state index >= 15 is 0 Å². The van der Waals surface area contributed by atoms with Crippen LogP contribution in [0.4, 0.5) is 27.8 Å². The SMILES string of the molecule is CN1CCN(C(=O)Oc2ccccc2N)CC1.Nc1ccc(N)c(N)n1. The first-order valence-electron chi connectivity index (χ1n) is 8.14. The van der Waals surface area contributed by atoms with Crippen molar-refractivity contribution in [3.05, 3.63) is 36.4 Å². The van der Waals surface area contributed by atoms with Gasteiger partial charge in [0.1, 0.15) is 11.6 Å². The summed E-state index contributed by atoms with van der Waals surface area (Å²) in [4.78, 5) is 19.4. The Hall–Kier alpha value is -3.20. The van der Waals surface area contributed by atoms with Crippen molar-refractivity contribution < 1.29 is 9.53 Å². The number of pyridine rings is 1. The van der Waals surface area contributed by atoms with E-state index in [-0.39, 0.29) is 11.9 Å². The molecule has 0 atom stereocenters. The molecule has 1 aromatic carbocycles. The zero-order valence-corrected chi connectivity index (χ0v) is 14.8. The molecule has 1 aromatic heterocycles. The number of rotatable bonds is 1. The van der Waals surface area contributed by atoms with Crippen LogP contribution in [0.25, 0.3) is 0 Å². The molecule has 1 saturated heterocycles. The van der Waals surface area contributed by atoms with Gasteiger partial charge in [0, 0.05) is 26.2 Å². The Morgan fingerprint density at radius 1 is 0.962 bits per heavy atom. The summed E-state index contributed by atoms with van der Waals surface area (Å²) in [5, 5.41) is 0. The number of hydrogen-bond acceptors (Lipinski definition) is 8. The van der Waals surface area contributed by atoms with Gasteiger partial charge >= 0.3 is 6.09 Å². The lowest BCUT2D eigenvalue weighted by atomic mass is 10.3. The number of likely N-dealkylation sites (N-methyl/N-ethyl adjacent to an activating group) is 1. The number of anilines is 4. The lowest BCUT2D eigenvalue weighted by Crippen LogP contribution is -2.48. The summed E-state index contributed by atoms with van der Waals surface area (Å²) in [6.07, 6.45) is -0.323. The third-order valence-electron chi connectivity index (χ3n) is 3.86. The smallest absolute Gasteiger partial charge is 0.408 e. The Labute approximate surface area is 152 Å². The molecule has 1 aliphatic heterocycles. The van der Waals surface area contributed by atoms with Crippen LogP contribution in [0, 0.1) is 0 Å². The van der Waals surface area contributed by atoms with Crippen molar-refractivity contribution in [2.45, 2.75) is 0 Å². The van der Waals surface area contributed by atoms with Gasteiger partial charge in [-0.3, -0.25) is 0 Å². The van der Waals surface area contributed by atoms with E-state index in [2.05, 4.69) is 9.88 Å². The maximum absolute atomic E-state index is 11.9. The predicted octanol–water partition coefficient (Wildman–Crippen LogP) is 0.843. The molecule has 0 aliphatic carbocycles. The number of ether oxygens (including phenoxy) is 1. The minimum Gasteiger partial charge on any atom is -0.408 e. The molecule has 9 heteroatoms. The molecule has 0 bridgehead atoms. The van der Waals surface area contributed by atoms with E-state index in [4.69, 9.17) is 27.7 Å². The minimum atomic E-state index is -0.323. The summed E-state index contributed by atoms with van der Waals surface area (Å²) in [7, 11) is 2.04. The van der Waals surface area contributed by atoms with Gasteiger partial charge in [0.05, 0.1) is 11.4 Å². The van der Waals surface area contributed by atoms with Crippen molar-refractivity contribution in [1.29, 1.82) is 0 Å². The standard InChI is InChI=1S/C12H17N3O2.C5H8N4/c1-14-6-8-15(9-7-14)12(16)17-11-5-3-2-4-10(11)13;6-3-1-2-4(7)9-5(3)8/h2-5H,6-9,13H2,1H3;1-2H,6H2,(H4,7,8,9). The average Bonchev–Trinajstić information content (AvgIpc) is 2.61. The monoisotopic (exact) mass is 359 g/mol. The molecule has 1 aliphatic rings. The zero-order chi connectivity index (χ0) is 19.1. The third kappa shape index (κ3) is 5.42. The highest BCUT2D eigenvalue weighted by atomic mass is 16.6. The Morgan fingerprint density at radius 3 is 2.19 bits per heavy atom. The topological polar surface area (TPSA) is 150 Å². The Bertz CT molecular complexity index is 746. The molecule has 8 N–H and O–H groups in total. The summed E-state index contributed by atoms with van der Waals surface area (Å²) >= 11 is 0. The van der Waals surface area contributed by atoms with E-state index in [0.29, 0.717) is 36.0 Å². The number of aromatic nitrogens is 1. The number of carbonyl (C=O) groups is 1. The van der Waals surface area contributed by atoms with Gasteiger partial charge in [-0.1, -0.05) is 12.1 Å². The van der Waals surface area contributed by atoms with Gasteiger partial charge in [-0.2, -0.15) is 0 Å². The fraction of sp³-hybridized carbons (Fsp3) is 0.294. The van der Waals surface area contributed by atoms with Gasteiger partial charge in [0.15, 0.2) is 5.75 Å². The molecule has 0 radical (unpaired) electrons. The normalized spacial score (nSPS) is 14.3. The fourth-order valence-electron chi connectivity index (χ4n) is 2.22. The van der Waals surface area contributed by atoms with E-state index in [0.717, 1.165) is 13.1 Å². The molecule has 0 unspecified atom stereocenters. The van der Waals surface area contributed by atoms with Crippen LogP contribution < -0.4 is 27.7 Å². The van der Waals surface area contributed by atoms with Gasteiger partial charge < -0.3 is 37.5 Å². The molecule has 140 valence electrons. The first-order valence-corrected chi connectivity index (χ1v) is 8.14. The van der Waals surface area contributed by atoms with Crippen LogP contribution in [0.2, 0.25) is 0 Å². The van der Waals surface area contributed by atoms with Crippen LogP contribution in [0.15, 0.2) is 36.4 Å². The Morgan fingerprint density at radius 2 is 1.62 bits per heavy atom. The van der Waals surface area contributed by atoms with Crippen molar-refractivity contribution in [1.82, 2.24) is 14.8 Å². The number of carbonyl (C=O) groups excluding carboxylic acids is 1. The largest absolute Gasteiger partial charge is 0.415 e. The van der Waals surface area contributed by atoms with Gasteiger partial charge in [-0.05, 0) is 31.3 Å². The van der Waals surface area contributed by atoms with Crippen molar-refractivity contribution >= 4 is 29.1 Å². The highest BCUT2D eigenvalue weighted by Crippen LogP contribution is 2.20. The number of nitrogens with zero attached hydrogens (tertiary/aromatic N) is 3. The van der Waals surface area contributed by atoms with Crippen LogP contribution in [-0.4, -0.2) is 54.1 Å². The zero-order valence-electron chi connectivity index (χ0n) is 14.8. The highest BCUT2D eigenvalue weighted by molar-refractivity contribution is 5.73. The number of nitrogen functional groups attached to an aromatic ring is 4. The quantitative estimate of drug-likeness (QED) is 0.547. The highest BCUT2D eigenvalue weighted by Gasteiger charge is 2.21. The van der Waals surface area contributed by atoms with E-state index in [1.807, 2.05) is 13.1 Å². The number of hydrogen-bond donors (Lipinski definition) is 4. The molecule has 1 amide bonds. The van der Waals surface area contributed by atoms with E-state index in [1.54, 1.807) is 35.2 Å². The first kappa shape index (κ1) is 19.1. The Balaban J connectivity index is 0.000000228. The van der Waals surface area contributed by atoms with Crippen molar-refractivity contribution in [3.63, 3.8) is 0 Å². The Kier molecular flexibility index (Phi) is 6.45. The first-order chi connectivity index (χ1) is 12.4. The number of benzene rings is 1. The van der Waals surface area contributed by atoms with Crippen molar-refractivity contribution in [2.24, 2.45) is 0 Å². The molecule has 9 nitrogen and oxygen atoms in total. The van der Waals surface area contributed by atoms with E-state index in [1.165, 1.54) is 0 Å². The fourth-order valence-corrected chi connectivity index (χ4v) is 2.22. The number of para-hydroxylation sites is 2. The minimum absolute atomic E-state index is 0.287. The molecule has 0 saturated carbocycles. The predicted molar refractivity (Wildman–Crippen MR) is 103 cm³/mol. The second-order valence-electron chi connectivity index (χ2n) is 5.91. The van der Waals surface area contributed by atoms with Gasteiger partial charge in [0.2, 0.25) is 0 Å². The average molecular weight is 359 g/mol. The van der Waals surface area contributed by atoms with Crippen LogP contribution in [-0.2, 0) is 0 Å². The van der Waals surface area contributed by atoms with Gasteiger partial charge in [-0.25, -0.2) is 9.78 Å². The summed E-state index contributed by atoms with van der Waals surface area (Å²) in [6.45, 7) is 3.14. The summed E-state index contributed by atoms with van der Waals surface area (Å²) < 4.78 is 5.26. The molecule has 2 heterocycles. The molecule has 26 heavy (non-hydrogen) atoms. The summed E-state index contributed by atoms with van der Waals surface area (Å²) in [5.74, 6) is 1.10. The van der Waals surface area contributed by atoms with Crippen LogP contribution in [0.5, 0.6) is 5.75 Å². The second kappa shape index (κ2) is 8.77. The number of nitrogens with two attached hydrogens (primary N) is 4. The van der Waals surface area contributed by atoms with E-state index < -0.39 is 0 Å². The maximum atomic E-state index is 11.9. The van der Waals surface area contributed by atoms with Crippen molar-refractivity contribution in [2.75, 3.05) is 56.2 Å². The molecular weight excluding hydrogens is 334 g/mol. The molecule has 2 aromatic rings. The van der Waals surface area contributed by atoms with E-state index in [9.17, 15) is 4.79 Å². The molecular formula is C17H25N7O2. The third-order valence-corrected chi connectivity index (χ3v) is 3.86. The van der Waals surface area contributed by atoms with Gasteiger partial charge in [0.25, 0.3) is 0 Å². The molecule has 3 rings (SSSR count). The summed E-state index contributed by atoms with van der Waals surface area (Å²) in [6, 6.07) is 10.2. The van der Waals surface area contributed by atoms with Crippen LogP contribution in [0.3, 0.4) is 0 Å². The summed E-state index contributed by atoms with van der Waals surface area (Å²) in [5.41, 5.74) is 22.6. The van der Waals surface area contributed by atoms with Gasteiger partial charge in [-0.15, -0.1) is 0 Å². The molecule has 1 fully saturated rings. The second-order valence-corrected chi connectivity index (χ2v) is 5.91. The van der Waals surface area contributed by atoms with Crippen LogP contribution >= 0.6 is 0 Å². The number of piperazine rings is 1. The van der Waals surface area contributed by atoms with Crippen molar-refractivity contribution in [3.8, 4) is 5.75 Å².